The first-order valence-corrected chi connectivity index (χ1v) is 7.59. The van der Waals surface area contributed by atoms with E-state index >= 15 is 0 Å². The molecule has 0 aliphatic heterocycles. The highest BCUT2D eigenvalue weighted by molar-refractivity contribution is 4.94. The Bertz CT molecular complexity index is 835. The highest BCUT2D eigenvalue weighted by Gasteiger charge is 2.84. The Labute approximate surface area is 192 Å². The zero-order valence-electron chi connectivity index (χ0n) is 16.5. The molecule has 0 saturated carbocycles. The summed E-state index contributed by atoms with van der Waals surface area (Å²) < 4.78 is 272. The zero-order chi connectivity index (χ0) is 31.8. The minimum atomic E-state index is -7.54. The SMILES string of the molecule is C=C(F)OC(F)(F)C(F)(F)C(F)(F)F.C=C(F)OC(F)(F)C(F)(OC(F)(F)C(F)(F)C(F)(F)F)C(F)(F)F. The fourth-order valence-corrected chi connectivity index (χ4v) is 1.26. The molecule has 1 atom stereocenters. The summed E-state index contributed by atoms with van der Waals surface area (Å²) in [7, 11) is 0. The van der Waals surface area contributed by atoms with Crippen LogP contribution in [-0.2, 0) is 14.2 Å². The largest absolute Gasteiger partial charge is 0.475 e. The van der Waals surface area contributed by atoms with Crippen LogP contribution in [0.4, 0.5) is 96.6 Å². The minimum absolute atomic E-state index is 1.47. The fourth-order valence-electron chi connectivity index (χ4n) is 1.26. The topological polar surface area (TPSA) is 27.7 Å². The van der Waals surface area contributed by atoms with Crippen molar-refractivity contribution in [2.24, 2.45) is 0 Å². The average Bonchev–Trinajstić information content (AvgIpc) is 2.56. The van der Waals surface area contributed by atoms with E-state index in [9.17, 15) is 96.6 Å². The van der Waals surface area contributed by atoms with Gasteiger partial charge in [0.1, 0.15) is 0 Å². The third-order valence-corrected chi connectivity index (χ3v) is 2.93. The highest BCUT2D eigenvalue weighted by atomic mass is 19.4. The highest BCUT2D eigenvalue weighted by Crippen LogP contribution is 2.55. The molecule has 228 valence electrons. The number of hydrogen-bond donors (Lipinski definition) is 0. The second-order valence-electron chi connectivity index (χ2n) is 5.80. The molecule has 0 aromatic heterocycles. The van der Waals surface area contributed by atoms with Gasteiger partial charge in [-0.15, -0.1) is 0 Å². The Hall–Kier alpha value is -2.50. The van der Waals surface area contributed by atoms with Gasteiger partial charge < -0.3 is 9.47 Å². The first kappa shape index (κ1) is 37.7. The van der Waals surface area contributed by atoms with E-state index in [1.165, 1.54) is 4.74 Å². The van der Waals surface area contributed by atoms with E-state index in [1.807, 2.05) is 6.58 Å². The third-order valence-electron chi connectivity index (χ3n) is 2.93. The molecule has 0 saturated heterocycles. The Kier molecular flexibility index (Phi) is 10.5. The van der Waals surface area contributed by atoms with Gasteiger partial charge >= 0.3 is 54.6 Å². The summed E-state index contributed by atoms with van der Waals surface area (Å²) in [6, 6.07) is -5.38. The van der Waals surface area contributed by atoms with E-state index in [1.54, 1.807) is 6.58 Å². The summed E-state index contributed by atoms with van der Waals surface area (Å²) in [5, 5.41) is 0. The van der Waals surface area contributed by atoms with Crippen LogP contribution >= 0.6 is 0 Å². The van der Waals surface area contributed by atoms with Crippen LogP contribution in [0.3, 0.4) is 0 Å². The van der Waals surface area contributed by atoms with E-state index in [-0.39, 0.29) is 0 Å². The Morgan fingerprint density at radius 1 is 0.395 bits per heavy atom. The van der Waals surface area contributed by atoms with Crippen LogP contribution in [0.1, 0.15) is 0 Å². The van der Waals surface area contributed by atoms with Gasteiger partial charge in [0.15, 0.2) is 0 Å². The van der Waals surface area contributed by atoms with Gasteiger partial charge in [0.25, 0.3) is 12.0 Å². The lowest BCUT2D eigenvalue weighted by molar-refractivity contribution is -0.531. The van der Waals surface area contributed by atoms with Crippen LogP contribution < -0.4 is 0 Å². The molecular weight excluding hydrogens is 622 g/mol. The van der Waals surface area contributed by atoms with Crippen molar-refractivity contribution >= 4 is 0 Å². The van der Waals surface area contributed by atoms with Crippen LogP contribution in [0, 0.1) is 0 Å². The van der Waals surface area contributed by atoms with Crippen LogP contribution in [0.15, 0.2) is 25.2 Å². The maximum Gasteiger partial charge on any atom is 0.475 e. The first-order chi connectivity index (χ1) is 16.0. The van der Waals surface area contributed by atoms with Crippen LogP contribution in [0.5, 0.6) is 0 Å². The molecule has 38 heavy (non-hydrogen) atoms. The van der Waals surface area contributed by atoms with E-state index in [0.29, 0.717) is 0 Å². The quantitative estimate of drug-likeness (QED) is 0.191. The molecule has 0 fully saturated rings. The summed E-state index contributed by atoms with van der Waals surface area (Å²) in [5.41, 5.74) is 0. The van der Waals surface area contributed by atoms with Gasteiger partial charge in [0.2, 0.25) is 0 Å². The van der Waals surface area contributed by atoms with Gasteiger partial charge in [0, 0.05) is 0 Å². The predicted octanol–water partition coefficient (Wildman–Crippen LogP) is 8.31. The fraction of sp³-hybridized carbons (Fsp3) is 0.692. The molecule has 0 aliphatic carbocycles. The maximum atomic E-state index is 13.2. The number of hydrogen-bond acceptors (Lipinski definition) is 3. The van der Waals surface area contributed by atoms with Crippen molar-refractivity contribution in [3.05, 3.63) is 25.2 Å². The average molecular weight is 626 g/mol. The van der Waals surface area contributed by atoms with Gasteiger partial charge in [-0.25, -0.2) is 0 Å². The molecule has 0 radical (unpaired) electrons. The summed E-state index contributed by atoms with van der Waals surface area (Å²) in [5.74, 6) is -21.3. The van der Waals surface area contributed by atoms with E-state index < -0.39 is 66.6 Å². The van der Waals surface area contributed by atoms with Crippen LogP contribution in [0.25, 0.3) is 0 Å². The van der Waals surface area contributed by atoms with Gasteiger partial charge in [-0.2, -0.15) is 96.6 Å². The Balaban J connectivity index is 0. The molecule has 0 aliphatic rings. The monoisotopic (exact) mass is 626 g/mol. The first-order valence-electron chi connectivity index (χ1n) is 7.59. The second-order valence-corrected chi connectivity index (χ2v) is 5.80. The molecule has 0 rings (SSSR count). The zero-order valence-corrected chi connectivity index (χ0v) is 16.5. The molecule has 0 heterocycles. The number of halogens is 22. The smallest absolute Gasteiger partial charge is 0.402 e. The van der Waals surface area contributed by atoms with Crippen LogP contribution in [0.2, 0.25) is 0 Å². The van der Waals surface area contributed by atoms with Gasteiger partial charge in [-0.05, 0) is 13.2 Å². The van der Waals surface area contributed by atoms with Crippen molar-refractivity contribution in [1.29, 1.82) is 0 Å². The number of ether oxygens (including phenoxy) is 3. The van der Waals surface area contributed by atoms with Gasteiger partial charge in [-0.3, -0.25) is 4.74 Å². The summed E-state index contributed by atoms with van der Waals surface area (Å²) in [6.45, 7) is 3.71. The van der Waals surface area contributed by atoms with Crippen molar-refractivity contribution in [3.63, 3.8) is 0 Å². The van der Waals surface area contributed by atoms with E-state index in [4.69, 9.17) is 0 Å². The Morgan fingerprint density at radius 2 is 0.658 bits per heavy atom. The van der Waals surface area contributed by atoms with Gasteiger partial charge in [-0.1, -0.05) is 0 Å². The number of alkyl halides is 20. The molecule has 0 spiro atoms. The maximum absolute atomic E-state index is 13.2. The Morgan fingerprint density at radius 3 is 0.895 bits per heavy atom. The van der Waals surface area contributed by atoms with Crippen molar-refractivity contribution in [2.45, 2.75) is 54.6 Å². The molecule has 0 amide bonds. The van der Waals surface area contributed by atoms with Crippen molar-refractivity contribution in [2.75, 3.05) is 0 Å². The minimum Gasteiger partial charge on any atom is -0.402 e. The second kappa shape index (κ2) is 10.6. The molecule has 25 heteroatoms. The molecule has 1 unspecified atom stereocenters. The standard InChI is InChI=1S/C8H2F14O2.C5H2F8O/c1-2(9)23-8(21,22)4(12,6(16,17)18)24-7(19,20)3(10,11)5(13,14)15;1-2(6)14-5(12,13)3(7,8)4(9,10)11/h1H2;1H2. The molecule has 0 N–H and O–H groups in total. The molecule has 0 bridgehead atoms. The van der Waals surface area contributed by atoms with Crippen molar-refractivity contribution in [3.8, 4) is 0 Å². The van der Waals surface area contributed by atoms with E-state index in [2.05, 4.69) is 9.47 Å². The molecule has 3 nitrogen and oxygen atoms in total. The lowest BCUT2D eigenvalue weighted by Crippen LogP contribution is -2.65. The number of rotatable bonds is 9. The summed E-state index contributed by atoms with van der Waals surface area (Å²) in [6.07, 6.45) is -41.6. The lowest BCUT2D eigenvalue weighted by atomic mass is 10.2. The van der Waals surface area contributed by atoms with Crippen LogP contribution in [-0.4, -0.2) is 54.6 Å². The molecular formula is C13H4F22O3. The summed E-state index contributed by atoms with van der Waals surface area (Å²) >= 11 is 0. The molecule has 0 aromatic rings. The summed E-state index contributed by atoms with van der Waals surface area (Å²) in [4.78, 5) is 0. The lowest BCUT2D eigenvalue weighted by Gasteiger charge is -2.37. The molecule has 0 aromatic carbocycles. The van der Waals surface area contributed by atoms with Crippen molar-refractivity contribution in [1.82, 2.24) is 0 Å². The predicted molar refractivity (Wildman–Crippen MR) is 70.5 cm³/mol. The normalized spacial score (nSPS) is 16.2. The van der Waals surface area contributed by atoms with Gasteiger partial charge in [0.05, 0.1) is 0 Å². The van der Waals surface area contributed by atoms with E-state index in [0.717, 1.165) is 0 Å². The van der Waals surface area contributed by atoms with Crippen molar-refractivity contribution < 1.29 is 111 Å². The third kappa shape index (κ3) is 7.77.